The van der Waals surface area contributed by atoms with Crippen molar-refractivity contribution in [3.05, 3.63) is 35.9 Å². The van der Waals surface area contributed by atoms with E-state index >= 15 is 0 Å². The molecule has 0 unspecified atom stereocenters. The SMILES string of the molecule is CCCCN(C)C(=O)Nc1ccc(C=CC(=O)OCC)cc1. The molecular weight excluding hydrogens is 280 g/mol. The van der Waals surface area contributed by atoms with Gasteiger partial charge in [-0.25, -0.2) is 9.59 Å². The Balaban J connectivity index is 2.54. The third-order valence-electron chi connectivity index (χ3n) is 3.05. The maximum Gasteiger partial charge on any atom is 0.330 e. The Morgan fingerprint density at radius 2 is 1.91 bits per heavy atom. The molecule has 5 heteroatoms. The molecule has 22 heavy (non-hydrogen) atoms. The first kappa shape index (κ1) is 17.8. The van der Waals surface area contributed by atoms with Crippen LogP contribution >= 0.6 is 0 Å². The number of carbonyl (C=O) groups is 2. The monoisotopic (exact) mass is 304 g/mol. The summed E-state index contributed by atoms with van der Waals surface area (Å²) < 4.78 is 4.81. The summed E-state index contributed by atoms with van der Waals surface area (Å²) >= 11 is 0. The maximum absolute atomic E-state index is 11.9. The second-order valence-corrected chi connectivity index (χ2v) is 4.91. The minimum Gasteiger partial charge on any atom is -0.463 e. The minimum atomic E-state index is -0.363. The van der Waals surface area contributed by atoms with Crippen LogP contribution in [0, 0.1) is 0 Å². The summed E-state index contributed by atoms with van der Waals surface area (Å²) in [4.78, 5) is 24.8. The van der Waals surface area contributed by atoms with Crippen molar-refractivity contribution in [3.8, 4) is 0 Å². The molecule has 1 N–H and O–H groups in total. The number of ether oxygens (including phenoxy) is 1. The molecule has 0 aliphatic rings. The molecule has 0 spiro atoms. The summed E-state index contributed by atoms with van der Waals surface area (Å²) in [5, 5.41) is 2.83. The largest absolute Gasteiger partial charge is 0.463 e. The van der Waals surface area contributed by atoms with Gasteiger partial charge >= 0.3 is 12.0 Å². The molecule has 0 bridgehead atoms. The van der Waals surface area contributed by atoms with E-state index in [4.69, 9.17) is 4.74 Å². The number of amides is 2. The summed E-state index contributed by atoms with van der Waals surface area (Å²) in [6.07, 6.45) is 5.10. The fourth-order valence-corrected chi connectivity index (χ4v) is 1.75. The lowest BCUT2D eigenvalue weighted by Crippen LogP contribution is -2.32. The number of urea groups is 1. The smallest absolute Gasteiger partial charge is 0.330 e. The average molecular weight is 304 g/mol. The molecule has 1 aromatic carbocycles. The zero-order valence-electron chi connectivity index (χ0n) is 13.5. The molecule has 0 aliphatic heterocycles. The Labute approximate surface area is 132 Å². The van der Waals surface area contributed by atoms with Gasteiger partial charge in [-0.1, -0.05) is 25.5 Å². The van der Waals surface area contributed by atoms with Crippen LogP contribution < -0.4 is 5.32 Å². The van der Waals surface area contributed by atoms with Crippen LogP contribution in [0.5, 0.6) is 0 Å². The molecule has 0 radical (unpaired) electrons. The zero-order valence-corrected chi connectivity index (χ0v) is 13.5. The van der Waals surface area contributed by atoms with Crippen LogP contribution in [-0.2, 0) is 9.53 Å². The number of nitrogens with one attached hydrogen (secondary N) is 1. The molecule has 5 nitrogen and oxygen atoms in total. The molecule has 0 saturated carbocycles. The van der Waals surface area contributed by atoms with E-state index in [-0.39, 0.29) is 12.0 Å². The van der Waals surface area contributed by atoms with E-state index in [0.29, 0.717) is 6.61 Å². The predicted octanol–water partition coefficient (Wildman–Crippen LogP) is 3.53. The topological polar surface area (TPSA) is 58.6 Å². The Hall–Kier alpha value is -2.30. The average Bonchev–Trinajstić information content (AvgIpc) is 2.52. The highest BCUT2D eigenvalue weighted by Gasteiger charge is 2.07. The summed E-state index contributed by atoms with van der Waals surface area (Å²) in [5.74, 6) is -0.363. The first-order valence-corrected chi connectivity index (χ1v) is 7.53. The number of hydrogen-bond acceptors (Lipinski definition) is 3. The number of hydrogen-bond donors (Lipinski definition) is 1. The summed E-state index contributed by atoms with van der Waals surface area (Å²) in [6.45, 7) is 4.96. The predicted molar refractivity (Wildman–Crippen MR) is 88.7 cm³/mol. The van der Waals surface area contributed by atoms with Gasteiger partial charge in [0.1, 0.15) is 0 Å². The molecule has 0 heterocycles. The van der Waals surface area contributed by atoms with Crippen molar-refractivity contribution in [3.63, 3.8) is 0 Å². The lowest BCUT2D eigenvalue weighted by Gasteiger charge is -2.17. The molecule has 120 valence electrons. The van der Waals surface area contributed by atoms with Crippen molar-refractivity contribution in [1.29, 1.82) is 0 Å². The Kier molecular flexibility index (Phi) is 7.75. The third kappa shape index (κ3) is 6.43. The van der Waals surface area contributed by atoms with Crippen molar-refractivity contribution < 1.29 is 14.3 Å². The Morgan fingerprint density at radius 3 is 2.50 bits per heavy atom. The molecule has 1 rings (SSSR count). The van der Waals surface area contributed by atoms with Crippen LogP contribution in [0.1, 0.15) is 32.3 Å². The molecule has 0 fully saturated rings. The molecular formula is C17H24N2O3. The molecule has 2 amide bonds. The summed E-state index contributed by atoms with van der Waals surface area (Å²) in [5.41, 5.74) is 1.59. The number of carbonyl (C=O) groups excluding carboxylic acids is 2. The van der Waals surface area contributed by atoms with E-state index in [2.05, 4.69) is 12.2 Å². The van der Waals surface area contributed by atoms with E-state index < -0.39 is 0 Å². The normalized spacial score (nSPS) is 10.5. The molecule has 0 saturated heterocycles. The highest BCUT2D eigenvalue weighted by molar-refractivity contribution is 5.89. The van der Waals surface area contributed by atoms with Gasteiger partial charge in [-0.15, -0.1) is 0 Å². The van der Waals surface area contributed by atoms with Crippen LogP contribution in [-0.4, -0.2) is 37.1 Å². The number of unbranched alkanes of at least 4 members (excludes halogenated alkanes) is 1. The van der Waals surface area contributed by atoms with Gasteiger partial charge in [0.2, 0.25) is 0 Å². The van der Waals surface area contributed by atoms with Crippen molar-refractivity contribution in [2.45, 2.75) is 26.7 Å². The molecule has 1 aromatic rings. The van der Waals surface area contributed by atoms with E-state index in [1.165, 1.54) is 6.08 Å². The highest BCUT2D eigenvalue weighted by Crippen LogP contribution is 2.11. The standard InChI is InChI=1S/C17H24N2O3/c1-4-6-13-19(3)17(21)18-15-10-7-14(8-11-15)9-12-16(20)22-5-2/h7-12H,4-6,13H2,1-3H3,(H,18,21). The number of esters is 1. The Bertz CT molecular complexity index is 509. The highest BCUT2D eigenvalue weighted by atomic mass is 16.5. The lowest BCUT2D eigenvalue weighted by atomic mass is 10.2. The van der Waals surface area contributed by atoms with Gasteiger partial charge in [-0.2, -0.15) is 0 Å². The van der Waals surface area contributed by atoms with Crippen LogP contribution in [0.25, 0.3) is 6.08 Å². The number of nitrogens with zero attached hydrogens (tertiary/aromatic N) is 1. The van der Waals surface area contributed by atoms with E-state index in [9.17, 15) is 9.59 Å². The van der Waals surface area contributed by atoms with Gasteiger partial charge in [0.05, 0.1) is 6.61 Å². The van der Waals surface area contributed by atoms with Gasteiger partial charge in [-0.3, -0.25) is 0 Å². The zero-order chi connectivity index (χ0) is 16.4. The second-order valence-electron chi connectivity index (χ2n) is 4.91. The first-order valence-electron chi connectivity index (χ1n) is 7.53. The van der Waals surface area contributed by atoms with E-state index in [1.807, 2.05) is 12.1 Å². The van der Waals surface area contributed by atoms with Crippen LogP contribution in [0.4, 0.5) is 10.5 Å². The fraction of sp³-hybridized carbons (Fsp3) is 0.412. The van der Waals surface area contributed by atoms with E-state index in [0.717, 1.165) is 30.6 Å². The van der Waals surface area contributed by atoms with Gasteiger partial charge in [0.15, 0.2) is 0 Å². The van der Waals surface area contributed by atoms with Gasteiger partial charge in [0, 0.05) is 25.4 Å². The minimum absolute atomic E-state index is 0.122. The maximum atomic E-state index is 11.9. The third-order valence-corrected chi connectivity index (χ3v) is 3.05. The van der Waals surface area contributed by atoms with Crippen molar-refractivity contribution in [2.75, 3.05) is 25.5 Å². The van der Waals surface area contributed by atoms with Crippen LogP contribution in [0.3, 0.4) is 0 Å². The van der Waals surface area contributed by atoms with Crippen LogP contribution in [0.15, 0.2) is 30.3 Å². The van der Waals surface area contributed by atoms with Gasteiger partial charge < -0.3 is 15.0 Å². The number of rotatable bonds is 7. The van der Waals surface area contributed by atoms with Gasteiger partial charge in [-0.05, 0) is 37.1 Å². The number of anilines is 1. The van der Waals surface area contributed by atoms with Crippen molar-refractivity contribution in [1.82, 2.24) is 4.90 Å². The Morgan fingerprint density at radius 1 is 1.23 bits per heavy atom. The quantitative estimate of drug-likeness (QED) is 0.619. The van der Waals surface area contributed by atoms with Gasteiger partial charge in [0.25, 0.3) is 0 Å². The van der Waals surface area contributed by atoms with E-state index in [1.54, 1.807) is 37.1 Å². The van der Waals surface area contributed by atoms with Crippen molar-refractivity contribution >= 4 is 23.8 Å². The second kappa shape index (κ2) is 9.60. The summed E-state index contributed by atoms with van der Waals surface area (Å²) in [6, 6.07) is 7.14. The van der Waals surface area contributed by atoms with Crippen LogP contribution in [0.2, 0.25) is 0 Å². The summed E-state index contributed by atoms with van der Waals surface area (Å²) in [7, 11) is 1.78. The fourth-order valence-electron chi connectivity index (χ4n) is 1.75. The van der Waals surface area contributed by atoms with Crippen molar-refractivity contribution in [2.24, 2.45) is 0 Å². The lowest BCUT2D eigenvalue weighted by molar-refractivity contribution is -0.137. The molecule has 0 aromatic heterocycles. The molecule has 0 atom stereocenters. The molecule has 0 aliphatic carbocycles. The first-order chi connectivity index (χ1) is 10.6. The number of benzene rings is 1.